The van der Waals surface area contributed by atoms with Gasteiger partial charge in [0.25, 0.3) is 0 Å². The Morgan fingerprint density at radius 3 is 2.64 bits per heavy atom. The van der Waals surface area contributed by atoms with Gasteiger partial charge in [0.05, 0.1) is 10.5 Å². The maximum Gasteiger partial charge on any atom is 0.178 e. The molecule has 0 aliphatic heterocycles. The van der Waals surface area contributed by atoms with Gasteiger partial charge in [-0.25, -0.2) is 19.3 Å². The fourth-order valence-corrected chi connectivity index (χ4v) is 2.87. The van der Waals surface area contributed by atoms with E-state index in [4.69, 9.17) is 11.6 Å². The molecule has 0 bridgehead atoms. The monoisotopic (exact) mass is 349 g/mol. The minimum atomic E-state index is -0.404. The summed E-state index contributed by atoms with van der Waals surface area (Å²) >= 11 is 5.85. The molecule has 0 saturated carbocycles. The van der Waals surface area contributed by atoms with Crippen LogP contribution in [-0.4, -0.2) is 15.0 Å². The summed E-state index contributed by atoms with van der Waals surface area (Å²) in [4.78, 5) is 13.5. The van der Waals surface area contributed by atoms with Crippen LogP contribution in [-0.2, 0) is 6.42 Å². The van der Waals surface area contributed by atoms with Crippen molar-refractivity contribution in [1.29, 1.82) is 0 Å². The van der Waals surface area contributed by atoms with Crippen LogP contribution in [0.3, 0.4) is 0 Å². The van der Waals surface area contributed by atoms with Crippen LogP contribution in [0, 0.1) is 5.82 Å². The SMILES string of the molecule is Fc1c(Cl)cccc1Cc1cccc(-c2ncc3ccccc3n2)n1. The van der Waals surface area contributed by atoms with E-state index in [1.165, 1.54) is 6.07 Å². The van der Waals surface area contributed by atoms with Gasteiger partial charge in [0.15, 0.2) is 5.82 Å². The third-order valence-corrected chi connectivity index (χ3v) is 4.22. The third-order valence-electron chi connectivity index (χ3n) is 3.93. The first-order valence-corrected chi connectivity index (χ1v) is 8.19. The Bertz CT molecular complexity index is 1070. The predicted octanol–water partition coefficient (Wildman–Crippen LogP) is 5.08. The number of para-hydroxylation sites is 1. The van der Waals surface area contributed by atoms with Crippen LogP contribution in [0.2, 0.25) is 5.02 Å². The molecule has 0 spiro atoms. The van der Waals surface area contributed by atoms with E-state index in [0.717, 1.165) is 16.6 Å². The predicted molar refractivity (Wildman–Crippen MR) is 97.0 cm³/mol. The maximum atomic E-state index is 14.1. The standard InChI is InChI=1S/C20H13ClFN3/c21-16-8-3-6-13(19(16)22)11-15-7-4-10-18(24-15)20-23-12-14-5-1-2-9-17(14)25-20/h1-10,12H,11H2. The Labute approximate surface area is 149 Å². The van der Waals surface area contributed by atoms with Crippen LogP contribution in [0.1, 0.15) is 11.3 Å². The molecule has 0 aliphatic carbocycles. The zero-order chi connectivity index (χ0) is 17.2. The molecule has 2 aromatic carbocycles. The Hall–Kier alpha value is -2.85. The second-order valence-electron chi connectivity index (χ2n) is 5.66. The minimum absolute atomic E-state index is 0.117. The van der Waals surface area contributed by atoms with E-state index in [0.29, 0.717) is 23.5 Å². The summed E-state index contributed by atoms with van der Waals surface area (Å²) in [7, 11) is 0. The van der Waals surface area contributed by atoms with E-state index < -0.39 is 5.82 Å². The first kappa shape index (κ1) is 15.7. The quantitative estimate of drug-likeness (QED) is 0.518. The van der Waals surface area contributed by atoms with Crippen LogP contribution >= 0.6 is 11.6 Å². The van der Waals surface area contributed by atoms with Crippen LogP contribution < -0.4 is 0 Å². The molecule has 3 nitrogen and oxygen atoms in total. The first-order chi connectivity index (χ1) is 12.2. The van der Waals surface area contributed by atoms with Gasteiger partial charge in [0.2, 0.25) is 0 Å². The van der Waals surface area contributed by atoms with E-state index in [-0.39, 0.29) is 5.02 Å². The van der Waals surface area contributed by atoms with Crippen LogP contribution in [0.25, 0.3) is 22.4 Å². The molecular formula is C20H13ClFN3. The number of rotatable bonds is 3. The number of hydrogen-bond acceptors (Lipinski definition) is 3. The van der Waals surface area contributed by atoms with Gasteiger partial charge < -0.3 is 0 Å². The molecule has 25 heavy (non-hydrogen) atoms. The second-order valence-corrected chi connectivity index (χ2v) is 6.06. The molecule has 4 rings (SSSR count). The maximum absolute atomic E-state index is 14.1. The molecular weight excluding hydrogens is 337 g/mol. The molecule has 0 N–H and O–H groups in total. The lowest BCUT2D eigenvalue weighted by atomic mass is 10.1. The van der Waals surface area contributed by atoms with E-state index in [9.17, 15) is 4.39 Å². The zero-order valence-corrected chi connectivity index (χ0v) is 13.9. The van der Waals surface area contributed by atoms with E-state index in [1.807, 2.05) is 42.5 Å². The molecule has 2 aromatic heterocycles. The molecule has 4 aromatic rings. The first-order valence-electron chi connectivity index (χ1n) is 7.82. The molecule has 122 valence electrons. The van der Waals surface area contributed by atoms with Gasteiger partial charge in [-0.05, 0) is 29.8 Å². The van der Waals surface area contributed by atoms with Crippen molar-refractivity contribution in [3.63, 3.8) is 0 Å². The Balaban J connectivity index is 1.69. The van der Waals surface area contributed by atoms with Gasteiger partial charge in [0.1, 0.15) is 11.5 Å². The lowest BCUT2D eigenvalue weighted by molar-refractivity contribution is 0.613. The van der Waals surface area contributed by atoms with Gasteiger partial charge in [-0.15, -0.1) is 0 Å². The number of halogens is 2. The van der Waals surface area contributed by atoms with E-state index >= 15 is 0 Å². The number of nitrogens with zero attached hydrogens (tertiary/aromatic N) is 3. The summed E-state index contributed by atoms with van der Waals surface area (Å²) < 4.78 is 14.1. The molecule has 0 aliphatic rings. The molecule has 5 heteroatoms. The molecule has 0 unspecified atom stereocenters. The van der Waals surface area contributed by atoms with Gasteiger partial charge in [-0.3, -0.25) is 0 Å². The average molecular weight is 350 g/mol. The Morgan fingerprint density at radius 1 is 0.880 bits per heavy atom. The lowest BCUT2D eigenvalue weighted by Crippen LogP contribution is -1.99. The normalized spacial score (nSPS) is 11.0. The fraction of sp³-hybridized carbons (Fsp3) is 0.0500. The van der Waals surface area contributed by atoms with Crippen molar-refractivity contribution in [2.24, 2.45) is 0 Å². The van der Waals surface area contributed by atoms with E-state index in [1.54, 1.807) is 18.3 Å². The van der Waals surface area contributed by atoms with Crippen molar-refractivity contribution in [2.45, 2.75) is 6.42 Å². The highest BCUT2D eigenvalue weighted by atomic mass is 35.5. The summed E-state index contributed by atoms with van der Waals surface area (Å²) in [6.07, 6.45) is 2.14. The molecule has 0 radical (unpaired) electrons. The van der Waals surface area contributed by atoms with Gasteiger partial charge in [-0.2, -0.15) is 0 Å². The van der Waals surface area contributed by atoms with Crippen molar-refractivity contribution in [1.82, 2.24) is 15.0 Å². The van der Waals surface area contributed by atoms with Crippen LogP contribution in [0.5, 0.6) is 0 Å². The Kier molecular flexibility index (Phi) is 4.12. The van der Waals surface area contributed by atoms with Crippen molar-refractivity contribution < 1.29 is 4.39 Å². The van der Waals surface area contributed by atoms with Crippen LogP contribution in [0.15, 0.2) is 66.9 Å². The lowest BCUT2D eigenvalue weighted by Gasteiger charge is -2.06. The molecule has 0 saturated heterocycles. The third kappa shape index (κ3) is 3.21. The number of aromatic nitrogens is 3. The molecule has 0 amide bonds. The van der Waals surface area contributed by atoms with Crippen molar-refractivity contribution in [2.75, 3.05) is 0 Å². The molecule has 0 atom stereocenters. The number of hydrogen-bond donors (Lipinski definition) is 0. The van der Waals surface area contributed by atoms with Crippen molar-refractivity contribution in [3.05, 3.63) is 89.0 Å². The zero-order valence-electron chi connectivity index (χ0n) is 13.2. The minimum Gasteiger partial charge on any atom is -0.249 e. The number of fused-ring (bicyclic) bond motifs is 1. The summed E-state index contributed by atoms with van der Waals surface area (Å²) in [5.74, 6) is 0.144. The summed E-state index contributed by atoms with van der Waals surface area (Å²) in [6.45, 7) is 0. The smallest absolute Gasteiger partial charge is 0.178 e. The second kappa shape index (κ2) is 6.57. The molecule has 0 fully saturated rings. The topological polar surface area (TPSA) is 38.7 Å². The van der Waals surface area contributed by atoms with Crippen molar-refractivity contribution in [3.8, 4) is 11.5 Å². The highest BCUT2D eigenvalue weighted by Gasteiger charge is 2.10. The average Bonchev–Trinajstić information content (AvgIpc) is 2.65. The molecule has 2 heterocycles. The highest BCUT2D eigenvalue weighted by Crippen LogP contribution is 2.21. The number of pyridine rings is 1. The van der Waals surface area contributed by atoms with Crippen molar-refractivity contribution >= 4 is 22.5 Å². The summed E-state index contributed by atoms with van der Waals surface area (Å²) in [6, 6.07) is 18.3. The largest absolute Gasteiger partial charge is 0.249 e. The van der Waals surface area contributed by atoms with Gasteiger partial charge in [-0.1, -0.05) is 48.0 Å². The van der Waals surface area contributed by atoms with Crippen LogP contribution in [0.4, 0.5) is 4.39 Å². The summed E-state index contributed by atoms with van der Waals surface area (Å²) in [5, 5.41) is 1.09. The van der Waals surface area contributed by atoms with Gasteiger partial charge >= 0.3 is 0 Å². The highest BCUT2D eigenvalue weighted by molar-refractivity contribution is 6.30. The fourth-order valence-electron chi connectivity index (χ4n) is 2.68. The van der Waals surface area contributed by atoms with Gasteiger partial charge in [0, 0.05) is 23.7 Å². The number of benzene rings is 2. The van der Waals surface area contributed by atoms with E-state index in [2.05, 4.69) is 15.0 Å². The summed E-state index contributed by atoms with van der Waals surface area (Å²) in [5.41, 5.74) is 2.76. The Morgan fingerprint density at radius 2 is 1.72 bits per heavy atom.